The number of hydrogen-bond acceptors (Lipinski definition) is 3. The molecule has 3 nitrogen and oxygen atoms in total. The second-order valence-corrected chi connectivity index (χ2v) is 6.14. The lowest BCUT2D eigenvalue weighted by Crippen LogP contribution is -2.26. The van der Waals surface area contributed by atoms with E-state index < -0.39 is 0 Å². The summed E-state index contributed by atoms with van der Waals surface area (Å²) in [7, 11) is 1.72. The second kappa shape index (κ2) is 11.0. The number of benzene rings is 1. The standard InChI is InChI=1S/C17H28ClNO2/c1-14(2)13-21-10-8-16(12-19-9-11-20-3)15-4-6-17(18)7-5-15/h4-7,14,16,19H,8-13H2,1-3H3. The Morgan fingerprint density at radius 2 is 1.86 bits per heavy atom. The molecule has 0 radical (unpaired) electrons. The lowest BCUT2D eigenvalue weighted by atomic mass is 9.96. The van der Waals surface area contributed by atoms with Crippen LogP contribution in [0.15, 0.2) is 24.3 Å². The first kappa shape index (κ1) is 18.4. The van der Waals surface area contributed by atoms with Gasteiger partial charge < -0.3 is 14.8 Å². The van der Waals surface area contributed by atoms with Crippen LogP contribution in [0.25, 0.3) is 0 Å². The molecular formula is C17H28ClNO2. The van der Waals surface area contributed by atoms with Crippen molar-refractivity contribution in [2.45, 2.75) is 26.2 Å². The zero-order valence-electron chi connectivity index (χ0n) is 13.4. The molecular weight excluding hydrogens is 286 g/mol. The minimum Gasteiger partial charge on any atom is -0.383 e. The fourth-order valence-corrected chi connectivity index (χ4v) is 2.24. The zero-order chi connectivity index (χ0) is 15.5. The molecule has 0 amide bonds. The number of halogens is 1. The van der Waals surface area contributed by atoms with Crippen molar-refractivity contribution in [2.75, 3.05) is 40.0 Å². The van der Waals surface area contributed by atoms with Crippen LogP contribution in [0.4, 0.5) is 0 Å². The highest BCUT2D eigenvalue weighted by Crippen LogP contribution is 2.21. The molecule has 0 aromatic heterocycles. The van der Waals surface area contributed by atoms with Crippen LogP contribution in [0.2, 0.25) is 5.02 Å². The van der Waals surface area contributed by atoms with Crippen LogP contribution in [0.5, 0.6) is 0 Å². The number of hydrogen-bond donors (Lipinski definition) is 1. The quantitative estimate of drug-likeness (QED) is 0.632. The molecule has 0 fully saturated rings. The average Bonchev–Trinajstić information content (AvgIpc) is 2.46. The Bertz CT molecular complexity index is 368. The van der Waals surface area contributed by atoms with E-state index in [4.69, 9.17) is 21.1 Å². The van der Waals surface area contributed by atoms with Gasteiger partial charge in [0.05, 0.1) is 6.61 Å². The van der Waals surface area contributed by atoms with Gasteiger partial charge in [0.2, 0.25) is 0 Å². The molecule has 21 heavy (non-hydrogen) atoms. The molecule has 4 heteroatoms. The van der Waals surface area contributed by atoms with Crippen LogP contribution < -0.4 is 5.32 Å². The first-order valence-electron chi connectivity index (χ1n) is 7.66. The predicted octanol–water partition coefficient (Wildman–Crippen LogP) is 3.72. The molecule has 0 aliphatic carbocycles. The number of methoxy groups -OCH3 is 1. The Labute approximate surface area is 134 Å². The molecule has 1 aromatic carbocycles. The molecule has 0 aliphatic rings. The molecule has 1 atom stereocenters. The molecule has 0 bridgehead atoms. The maximum absolute atomic E-state index is 5.97. The number of nitrogens with one attached hydrogen (secondary N) is 1. The van der Waals surface area contributed by atoms with E-state index in [0.717, 1.165) is 44.4 Å². The van der Waals surface area contributed by atoms with E-state index in [9.17, 15) is 0 Å². The molecule has 1 unspecified atom stereocenters. The van der Waals surface area contributed by atoms with E-state index in [1.54, 1.807) is 7.11 Å². The first-order chi connectivity index (χ1) is 10.1. The summed E-state index contributed by atoms with van der Waals surface area (Å²) in [5.41, 5.74) is 1.30. The van der Waals surface area contributed by atoms with Crippen molar-refractivity contribution in [1.29, 1.82) is 0 Å². The highest BCUT2D eigenvalue weighted by atomic mass is 35.5. The highest BCUT2D eigenvalue weighted by Gasteiger charge is 2.11. The summed E-state index contributed by atoms with van der Waals surface area (Å²) in [5, 5.41) is 4.21. The van der Waals surface area contributed by atoms with Gasteiger partial charge in [0.25, 0.3) is 0 Å². The topological polar surface area (TPSA) is 30.5 Å². The lowest BCUT2D eigenvalue weighted by molar-refractivity contribution is 0.103. The van der Waals surface area contributed by atoms with Crippen LogP contribution in [-0.4, -0.2) is 40.0 Å². The van der Waals surface area contributed by atoms with Crippen LogP contribution in [-0.2, 0) is 9.47 Å². The summed E-state index contributed by atoms with van der Waals surface area (Å²) in [6.07, 6.45) is 1.01. The van der Waals surface area contributed by atoms with Crippen molar-refractivity contribution >= 4 is 11.6 Å². The molecule has 0 spiro atoms. The third-order valence-electron chi connectivity index (χ3n) is 3.28. The van der Waals surface area contributed by atoms with E-state index in [1.165, 1.54) is 5.56 Å². The highest BCUT2D eigenvalue weighted by molar-refractivity contribution is 6.30. The first-order valence-corrected chi connectivity index (χ1v) is 8.04. The molecule has 1 N–H and O–H groups in total. The molecule has 0 heterocycles. The summed E-state index contributed by atoms with van der Waals surface area (Å²) in [4.78, 5) is 0. The molecule has 0 aliphatic heterocycles. The van der Waals surface area contributed by atoms with E-state index in [2.05, 4.69) is 31.3 Å². The Morgan fingerprint density at radius 1 is 1.14 bits per heavy atom. The molecule has 120 valence electrons. The predicted molar refractivity (Wildman–Crippen MR) is 89.2 cm³/mol. The van der Waals surface area contributed by atoms with E-state index in [1.807, 2.05) is 12.1 Å². The van der Waals surface area contributed by atoms with Crippen molar-refractivity contribution in [1.82, 2.24) is 5.32 Å². The van der Waals surface area contributed by atoms with Gasteiger partial charge in [-0.2, -0.15) is 0 Å². The fraction of sp³-hybridized carbons (Fsp3) is 0.647. The van der Waals surface area contributed by atoms with Crippen molar-refractivity contribution < 1.29 is 9.47 Å². The Hall–Kier alpha value is -0.610. The number of rotatable bonds is 11. The van der Waals surface area contributed by atoms with Crippen LogP contribution in [0.3, 0.4) is 0 Å². The third-order valence-corrected chi connectivity index (χ3v) is 3.53. The molecule has 1 rings (SSSR count). The second-order valence-electron chi connectivity index (χ2n) is 5.70. The Balaban J connectivity index is 2.46. The van der Waals surface area contributed by atoms with Gasteiger partial charge in [-0.3, -0.25) is 0 Å². The van der Waals surface area contributed by atoms with Gasteiger partial charge >= 0.3 is 0 Å². The average molecular weight is 314 g/mol. The largest absolute Gasteiger partial charge is 0.383 e. The van der Waals surface area contributed by atoms with Crippen molar-refractivity contribution in [3.8, 4) is 0 Å². The molecule has 0 saturated carbocycles. The minimum absolute atomic E-state index is 0.436. The summed E-state index contributed by atoms with van der Waals surface area (Å²) in [6, 6.07) is 8.11. The van der Waals surface area contributed by atoms with Gasteiger partial charge in [-0.15, -0.1) is 0 Å². The third kappa shape index (κ3) is 8.42. The fourth-order valence-electron chi connectivity index (χ4n) is 2.12. The maximum Gasteiger partial charge on any atom is 0.0587 e. The summed E-state index contributed by atoms with van der Waals surface area (Å²) < 4.78 is 10.8. The smallest absolute Gasteiger partial charge is 0.0587 e. The Morgan fingerprint density at radius 3 is 2.48 bits per heavy atom. The SMILES string of the molecule is COCCNCC(CCOCC(C)C)c1ccc(Cl)cc1. The normalized spacial score (nSPS) is 12.8. The van der Waals surface area contributed by atoms with Crippen molar-refractivity contribution in [3.05, 3.63) is 34.9 Å². The van der Waals surface area contributed by atoms with Gasteiger partial charge in [-0.25, -0.2) is 0 Å². The van der Waals surface area contributed by atoms with Crippen LogP contribution in [0.1, 0.15) is 31.7 Å². The lowest BCUT2D eigenvalue weighted by Gasteiger charge is -2.19. The van der Waals surface area contributed by atoms with Gasteiger partial charge in [0.1, 0.15) is 0 Å². The van der Waals surface area contributed by atoms with Crippen molar-refractivity contribution in [2.24, 2.45) is 5.92 Å². The zero-order valence-corrected chi connectivity index (χ0v) is 14.2. The summed E-state index contributed by atoms with van der Waals surface area (Å²) in [5.74, 6) is 1.02. The monoisotopic (exact) mass is 313 g/mol. The van der Waals surface area contributed by atoms with E-state index in [-0.39, 0.29) is 0 Å². The van der Waals surface area contributed by atoms with E-state index >= 15 is 0 Å². The van der Waals surface area contributed by atoms with Gasteiger partial charge in [0, 0.05) is 38.4 Å². The van der Waals surface area contributed by atoms with Gasteiger partial charge in [0.15, 0.2) is 0 Å². The van der Waals surface area contributed by atoms with Crippen LogP contribution >= 0.6 is 11.6 Å². The number of ether oxygens (including phenoxy) is 2. The van der Waals surface area contributed by atoms with Gasteiger partial charge in [-0.05, 0) is 36.0 Å². The molecule has 0 saturated heterocycles. The van der Waals surface area contributed by atoms with E-state index in [0.29, 0.717) is 11.8 Å². The Kier molecular flexibility index (Phi) is 9.68. The van der Waals surface area contributed by atoms with Gasteiger partial charge in [-0.1, -0.05) is 37.6 Å². The minimum atomic E-state index is 0.436. The maximum atomic E-state index is 5.97. The molecule has 1 aromatic rings. The summed E-state index contributed by atoms with van der Waals surface area (Å²) >= 11 is 5.97. The van der Waals surface area contributed by atoms with Crippen molar-refractivity contribution in [3.63, 3.8) is 0 Å². The van der Waals surface area contributed by atoms with Crippen LogP contribution in [0, 0.1) is 5.92 Å². The summed E-state index contributed by atoms with van der Waals surface area (Å²) in [6.45, 7) is 8.48.